The third-order valence-corrected chi connectivity index (χ3v) is 4.23. The first-order chi connectivity index (χ1) is 9.83. The predicted molar refractivity (Wildman–Crippen MR) is 82.2 cm³/mol. The highest BCUT2D eigenvalue weighted by Crippen LogP contribution is 2.22. The van der Waals surface area contributed by atoms with Crippen molar-refractivity contribution in [3.05, 3.63) is 24.3 Å². The Balaban J connectivity index is 1.59. The number of nitrogens with one attached hydrogen (secondary N) is 2. The molecule has 0 radical (unpaired) electrons. The van der Waals surface area contributed by atoms with Crippen molar-refractivity contribution in [3.8, 4) is 0 Å². The smallest absolute Gasteiger partial charge is 0.241 e. The predicted octanol–water partition coefficient (Wildman–Crippen LogP) is 2.37. The second kappa shape index (κ2) is 6.27. The van der Waals surface area contributed by atoms with Crippen LogP contribution in [0, 0.1) is 0 Å². The van der Waals surface area contributed by atoms with Gasteiger partial charge in [-0.25, -0.2) is 0 Å². The second-order valence-corrected chi connectivity index (χ2v) is 5.73. The van der Waals surface area contributed by atoms with E-state index in [4.69, 9.17) is 0 Å². The van der Waals surface area contributed by atoms with Crippen molar-refractivity contribution in [1.29, 1.82) is 0 Å². The maximum atomic E-state index is 12.0. The Bertz CT molecular complexity index is 445. The minimum absolute atomic E-state index is 0.0169. The van der Waals surface area contributed by atoms with Crippen LogP contribution in [-0.2, 0) is 4.79 Å². The average Bonchev–Trinajstić information content (AvgIpc) is 3.03. The average molecular weight is 273 g/mol. The number of anilines is 2. The van der Waals surface area contributed by atoms with Crippen LogP contribution in [-0.4, -0.2) is 31.6 Å². The summed E-state index contributed by atoms with van der Waals surface area (Å²) in [7, 11) is 0. The fraction of sp³-hybridized carbons (Fsp3) is 0.562. The number of carbonyl (C=O) groups is 1. The highest BCUT2D eigenvalue weighted by atomic mass is 16.2. The molecule has 1 aromatic carbocycles. The summed E-state index contributed by atoms with van der Waals surface area (Å²) in [6.45, 7) is 3.25. The van der Waals surface area contributed by atoms with Gasteiger partial charge in [-0.2, -0.15) is 0 Å². The molecule has 2 aliphatic rings. The number of rotatable bonds is 3. The molecule has 4 nitrogen and oxygen atoms in total. The summed E-state index contributed by atoms with van der Waals surface area (Å²) in [5, 5.41) is 6.21. The number of hydrogen-bond acceptors (Lipinski definition) is 3. The lowest BCUT2D eigenvalue weighted by Gasteiger charge is -2.28. The third-order valence-electron chi connectivity index (χ3n) is 4.23. The van der Waals surface area contributed by atoms with Crippen molar-refractivity contribution in [2.24, 2.45) is 0 Å². The quantitative estimate of drug-likeness (QED) is 0.888. The molecule has 3 rings (SSSR count). The Morgan fingerprint density at radius 2 is 1.85 bits per heavy atom. The topological polar surface area (TPSA) is 44.4 Å². The maximum absolute atomic E-state index is 12.0. The Morgan fingerprint density at radius 3 is 2.50 bits per heavy atom. The lowest BCUT2D eigenvalue weighted by atomic mass is 10.1. The van der Waals surface area contributed by atoms with Gasteiger partial charge in [-0.15, -0.1) is 0 Å². The Morgan fingerprint density at radius 1 is 1.10 bits per heavy atom. The van der Waals surface area contributed by atoms with Crippen molar-refractivity contribution in [1.82, 2.24) is 5.32 Å². The van der Waals surface area contributed by atoms with E-state index in [-0.39, 0.29) is 11.9 Å². The molecule has 2 heterocycles. The SMILES string of the molecule is O=C(Nc1ccc(N2CCCCC2)cc1)[C@H]1CCCN1. The van der Waals surface area contributed by atoms with Gasteiger partial charge in [0.05, 0.1) is 6.04 Å². The van der Waals surface area contributed by atoms with Crippen molar-refractivity contribution < 1.29 is 4.79 Å². The molecule has 2 saturated heterocycles. The molecule has 20 heavy (non-hydrogen) atoms. The van der Waals surface area contributed by atoms with Crippen molar-refractivity contribution in [2.75, 3.05) is 29.9 Å². The van der Waals surface area contributed by atoms with E-state index >= 15 is 0 Å². The van der Waals surface area contributed by atoms with E-state index in [0.29, 0.717) is 0 Å². The van der Waals surface area contributed by atoms with Crippen LogP contribution in [0.15, 0.2) is 24.3 Å². The molecular formula is C16H23N3O. The fourth-order valence-electron chi connectivity index (χ4n) is 3.05. The molecule has 2 N–H and O–H groups in total. The molecule has 1 aromatic rings. The lowest BCUT2D eigenvalue weighted by Crippen LogP contribution is -2.35. The fourth-order valence-corrected chi connectivity index (χ4v) is 3.05. The molecule has 0 bridgehead atoms. The van der Waals surface area contributed by atoms with E-state index in [1.165, 1.54) is 24.9 Å². The van der Waals surface area contributed by atoms with E-state index in [9.17, 15) is 4.79 Å². The van der Waals surface area contributed by atoms with Gasteiger partial charge in [-0.1, -0.05) is 0 Å². The van der Waals surface area contributed by atoms with Gasteiger partial charge in [0, 0.05) is 24.5 Å². The third kappa shape index (κ3) is 3.12. The van der Waals surface area contributed by atoms with Crippen LogP contribution in [0.2, 0.25) is 0 Å². The van der Waals surface area contributed by atoms with Crippen LogP contribution < -0.4 is 15.5 Å². The van der Waals surface area contributed by atoms with Gasteiger partial charge >= 0.3 is 0 Å². The lowest BCUT2D eigenvalue weighted by molar-refractivity contribution is -0.117. The van der Waals surface area contributed by atoms with Gasteiger partial charge in [0.2, 0.25) is 5.91 Å². The van der Waals surface area contributed by atoms with Gasteiger partial charge in [-0.3, -0.25) is 4.79 Å². The van der Waals surface area contributed by atoms with E-state index in [1.54, 1.807) is 0 Å². The number of piperidine rings is 1. The zero-order chi connectivity index (χ0) is 13.8. The molecule has 4 heteroatoms. The summed E-state index contributed by atoms with van der Waals surface area (Å²) in [4.78, 5) is 14.4. The minimum atomic E-state index is -0.0169. The molecule has 0 aromatic heterocycles. The number of hydrogen-bond donors (Lipinski definition) is 2. The first-order valence-electron chi connectivity index (χ1n) is 7.72. The standard InChI is InChI=1S/C16H23N3O/c20-16(15-5-4-10-17-15)18-13-6-8-14(9-7-13)19-11-2-1-3-12-19/h6-9,15,17H,1-5,10-12H2,(H,18,20)/t15-/m1/s1. The normalized spacial score (nSPS) is 22.8. The largest absolute Gasteiger partial charge is 0.372 e. The van der Waals surface area contributed by atoms with Gasteiger partial charge in [0.1, 0.15) is 0 Å². The van der Waals surface area contributed by atoms with Crippen LogP contribution in [0.1, 0.15) is 32.1 Å². The van der Waals surface area contributed by atoms with Crippen LogP contribution in [0.3, 0.4) is 0 Å². The van der Waals surface area contributed by atoms with Crippen molar-refractivity contribution >= 4 is 17.3 Å². The molecular weight excluding hydrogens is 250 g/mol. The van der Waals surface area contributed by atoms with Gasteiger partial charge in [0.15, 0.2) is 0 Å². The zero-order valence-electron chi connectivity index (χ0n) is 11.9. The van der Waals surface area contributed by atoms with E-state index < -0.39 is 0 Å². The highest BCUT2D eigenvalue weighted by Gasteiger charge is 2.21. The van der Waals surface area contributed by atoms with Crippen LogP contribution in [0.4, 0.5) is 11.4 Å². The summed E-state index contributed by atoms with van der Waals surface area (Å²) in [5.41, 5.74) is 2.16. The van der Waals surface area contributed by atoms with Crippen LogP contribution in [0.25, 0.3) is 0 Å². The molecule has 0 aliphatic carbocycles. The zero-order valence-corrected chi connectivity index (χ0v) is 11.9. The van der Waals surface area contributed by atoms with Gasteiger partial charge in [-0.05, 0) is 62.9 Å². The summed E-state index contributed by atoms with van der Waals surface area (Å²) in [6.07, 6.45) is 5.94. The molecule has 108 valence electrons. The summed E-state index contributed by atoms with van der Waals surface area (Å²) < 4.78 is 0. The number of carbonyl (C=O) groups excluding carboxylic acids is 1. The molecule has 1 amide bonds. The van der Waals surface area contributed by atoms with Gasteiger partial charge in [0.25, 0.3) is 0 Å². The second-order valence-electron chi connectivity index (χ2n) is 5.73. The maximum Gasteiger partial charge on any atom is 0.241 e. The monoisotopic (exact) mass is 273 g/mol. The Labute approximate surface area is 120 Å². The minimum Gasteiger partial charge on any atom is -0.372 e. The molecule has 0 saturated carbocycles. The first kappa shape index (κ1) is 13.4. The van der Waals surface area contributed by atoms with E-state index in [1.807, 2.05) is 12.1 Å². The molecule has 2 aliphatic heterocycles. The summed E-state index contributed by atoms with van der Waals surface area (Å²) >= 11 is 0. The van der Waals surface area contributed by atoms with E-state index in [2.05, 4.69) is 27.7 Å². The summed E-state index contributed by atoms with van der Waals surface area (Å²) in [5.74, 6) is 0.0909. The van der Waals surface area contributed by atoms with Gasteiger partial charge < -0.3 is 15.5 Å². The molecule has 0 unspecified atom stereocenters. The highest BCUT2D eigenvalue weighted by molar-refractivity contribution is 5.95. The first-order valence-corrected chi connectivity index (χ1v) is 7.72. The Kier molecular flexibility index (Phi) is 4.21. The van der Waals surface area contributed by atoms with Crippen molar-refractivity contribution in [2.45, 2.75) is 38.1 Å². The Hall–Kier alpha value is -1.55. The summed E-state index contributed by atoms with van der Waals surface area (Å²) in [6, 6.07) is 8.23. The molecule has 0 spiro atoms. The number of benzene rings is 1. The van der Waals surface area contributed by atoms with Crippen molar-refractivity contribution in [3.63, 3.8) is 0 Å². The molecule has 2 fully saturated rings. The van der Waals surface area contributed by atoms with Crippen LogP contribution in [0.5, 0.6) is 0 Å². The number of amides is 1. The van der Waals surface area contributed by atoms with E-state index in [0.717, 1.165) is 38.2 Å². The molecule has 1 atom stereocenters. The van der Waals surface area contributed by atoms with Crippen LogP contribution >= 0.6 is 0 Å². The number of nitrogens with zero attached hydrogens (tertiary/aromatic N) is 1.